The van der Waals surface area contributed by atoms with Crippen LogP contribution in [0.1, 0.15) is 54.8 Å². The normalized spacial score (nSPS) is 14.3. The van der Waals surface area contributed by atoms with E-state index in [1.54, 1.807) is 29.9 Å². The molecular formula is C32H40N4O4S. The van der Waals surface area contributed by atoms with Gasteiger partial charge in [0, 0.05) is 45.6 Å². The van der Waals surface area contributed by atoms with Crippen LogP contribution in [0.4, 0.5) is 16.2 Å². The maximum Gasteiger partial charge on any atom is 0.410 e. The molecule has 0 spiro atoms. The maximum atomic E-state index is 13.6. The van der Waals surface area contributed by atoms with E-state index in [9.17, 15) is 9.59 Å². The average Bonchev–Trinajstić information content (AvgIpc) is 3.08. The Morgan fingerprint density at radius 1 is 1.10 bits per heavy atom. The first-order valence-corrected chi connectivity index (χ1v) is 15.0. The number of anilines is 2. The number of ether oxygens (including phenoxy) is 2. The van der Waals surface area contributed by atoms with E-state index in [1.165, 1.54) is 0 Å². The number of amides is 2. The summed E-state index contributed by atoms with van der Waals surface area (Å²) in [5.41, 5.74) is 3.78. The number of aromatic nitrogens is 1. The van der Waals surface area contributed by atoms with Gasteiger partial charge in [0.15, 0.2) is 0 Å². The molecule has 218 valence electrons. The van der Waals surface area contributed by atoms with Crippen LogP contribution in [-0.4, -0.2) is 67.5 Å². The minimum atomic E-state index is -0.550. The van der Waals surface area contributed by atoms with Crippen LogP contribution >= 0.6 is 11.8 Å². The highest BCUT2D eigenvalue weighted by atomic mass is 32.2. The Balaban J connectivity index is 1.47. The molecule has 8 nitrogen and oxygen atoms in total. The molecule has 1 unspecified atom stereocenters. The molecule has 41 heavy (non-hydrogen) atoms. The number of hydrogen-bond donors (Lipinski definition) is 0. The Hall–Kier alpha value is -3.56. The topological polar surface area (TPSA) is 75.2 Å². The van der Waals surface area contributed by atoms with E-state index in [4.69, 9.17) is 9.47 Å². The van der Waals surface area contributed by atoms with Crippen LogP contribution in [0.3, 0.4) is 0 Å². The van der Waals surface area contributed by atoms with Crippen LogP contribution in [-0.2, 0) is 16.1 Å². The first-order valence-electron chi connectivity index (χ1n) is 13.8. The van der Waals surface area contributed by atoms with Gasteiger partial charge in [0.05, 0.1) is 29.0 Å². The Bertz CT molecular complexity index is 1350. The van der Waals surface area contributed by atoms with E-state index in [2.05, 4.69) is 9.88 Å². The molecule has 0 saturated carbocycles. The van der Waals surface area contributed by atoms with Crippen molar-refractivity contribution in [3.63, 3.8) is 0 Å². The number of likely N-dealkylation sites (N-methyl/N-ethyl adjacent to an activating group) is 1. The van der Waals surface area contributed by atoms with Crippen molar-refractivity contribution in [2.45, 2.75) is 50.5 Å². The molecule has 2 aromatic carbocycles. The van der Waals surface area contributed by atoms with Gasteiger partial charge in [-0.1, -0.05) is 42.5 Å². The monoisotopic (exact) mass is 576 g/mol. The third-order valence-electron chi connectivity index (χ3n) is 6.89. The Kier molecular flexibility index (Phi) is 9.94. The van der Waals surface area contributed by atoms with Crippen molar-refractivity contribution < 1.29 is 19.1 Å². The second-order valence-corrected chi connectivity index (χ2v) is 12.0. The fourth-order valence-corrected chi connectivity index (χ4v) is 5.04. The molecule has 0 saturated heterocycles. The van der Waals surface area contributed by atoms with Crippen molar-refractivity contribution in [3.8, 4) is 0 Å². The van der Waals surface area contributed by atoms with Crippen molar-refractivity contribution in [1.82, 2.24) is 9.88 Å². The zero-order chi connectivity index (χ0) is 29.6. The fraction of sp³-hybridized carbons (Fsp3) is 0.406. The number of nitrogens with zero attached hydrogens (tertiary/aromatic N) is 4. The van der Waals surface area contributed by atoms with Crippen LogP contribution < -0.4 is 9.80 Å². The standard InChI is InChI=1S/C32H40N4O4S/c1-32(2,3)40-31(38)35(5)16-15-28(24-12-8-7-9-13-24)39-22-23-11-10-14-25(19-23)36-18-17-34(4)27-20-29(41-6)33-21-26(27)30(36)37/h7-14,19-21,28H,15-18,22H2,1-6H3. The van der Waals surface area contributed by atoms with E-state index < -0.39 is 5.60 Å². The summed E-state index contributed by atoms with van der Waals surface area (Å²) >= 11 is 1.56. The molecule has 3 aromatic rings. The molecule has 2 heterocycles. The minimum Gasteiger partial charge on any atom is -0.444 e. The van der Waals surface area contributed by atoms with E-state index >= 15 is 0 Å². The van der Waals surface area contributed by atoms with Crippen LogP contribution in [0.5, 0.6) is 0 Å². The number of thioether (sulfide) groups is 1. The van der Waals surface area contributed by atoms with Gasteiger partial charge >= 0.3 is 6.09 Å². The third-order valence-corrected chi connectivity index (χ3v) is 7.53. The second kappa shape index (κ2) is 13.4. The van der Waals surface area contributed by atoms with Gasteiger partial charge in [0.1, 0.15) is 5.60 Å². The highest BCUT2D eigenvalue weighted by Crippen LogP contribution is 2.30. The summed E-state index contributed by atoms with van der Waals surface area (Å²) in [6.07, 6.45) is 3.70. The molecule has 4 rings (SSSR count). The van der Waals surface area contributed by atoms with Gasteiger partial charge < -0.3 is 24.2 Å². The third kappa shape index (κ3) is 8.01. The van der Waals surface area contributed by atoms with Crippen molar-refractivity contribution in [2.24, 2.45) is 0 Å². The number of benzene rings is 2. The smallest absolute Gasteiger partial charge is 0.410 e. The molecule has 1 aromatic heterocycles. The summed E-state index contributed by atoms with van der Waals surface area (Å²) in [6, 6.07) is 19.9. The van der Waals surface area contributed by atoms with Crippen molar-refractivity contribution >= 4 is 35.1 Å². The van der Waals surface area contributed by atoms with Gasteiger partial charge in [0.25, 0.3) is 5.91 Å². The summed E-state index contributed by atoms with van der Waals surface area (Å²) in [4.78, 5) is 36.1. The molecule has 0 N–H and O–H groups in total. The summed E-state index contributed by atoms with van der Waals surface area (Å²) < 4.78 is 11.9. The number of fused-ring (bicyclic) bond motifs is 1. The Morgan fingerprint density at radius 3 is 2.56 bits per heavy atom. The van der Waals surface area contributed by atoms with Crippen molar-refractivity contribution in [1.29, 1.82) is 0 Å². The molecule has 9 heteroatoms. The van der Waals surface area contributed by atoms with E-state index in [1.807, 2.05) is 99.6 Å². The van der Waals surface area contributed by atoms with Gasteiger partial charge in [-0.2, -0.15) is 0 Å². The summed E-state index contributed by atoms with van der Waals surface area (Å²) in [7, 11) is 3.75. The number of carbonyl (C=O) groups is 2. The minimum absolute atomic E-state index is 0.0603. The molecule has 1 atom stereocenters. The van der Waals surface area contributed by atoms with E-state index in [0.717, 1.165) is 27.5 Å². The Morgan fingerprint density at radius 2 is 1.85 bits per heavy atom. The lowest BCUT2D eigenvalue weighted by atomic mass is 10.1. The molecule has 2 amide bonds. The SMILES string of the molecule is CSc1cc2c(cn1)C(=O)N(c1cccc(COC(CCN(C)C(=O)OC(C)(C)C)c3ccccc3)c1)CCN2C. The van der Waals surface area contributed by atoms with Gasteiger partial charge in [0.2, 0.25) is 0 Å². The van der Waals surface area contributed by atoms with Crippen LogP contribution in [0.2, 0.25) is 0 Å². The van der Waals surface area contributed by atoms with Crippen molar-refractivity contribution in [3.05, 3.63) is 83.6 Å². The van der Waals surface area contributed by atoms with Gasteiger partial charge in [-0.3, -0.25) is 4.79 Å². The largest absolute Gasteiger partial charge is 0.444 e. The lowest BCUT2D eigenvalue weighted by Gasteiger charge is -2.26. The molecule has 1 aliphatic rings. The average molecular weight is 577 g/mol. The van der Waals surface area contributed by atoms with E-state index in [0.29, 0.717) is 38.2 Å². The molecule has 0 aliphatic carbocycles. The lowest BCUT2D eigenvalue weighted by molar-refractivity contribution is 0.0137. The second-order valence-electron chi connectivity index (χ2n) is 11.2. The molecule has 0 bridgehead atoms. The highest BCUT2D eigenvalue weighted by Gasteiger charge is 2.27. The predicted molar refractivity (Wildman–Crippen MR) is 165 cm³/mol. The van der Waals surface area contributed by atoms with Gasteiger partial charge in [-0.15, -0.1) is 11.8 Å². The molecular weight excluding hydrogens is 536 g/mol. The number of hydrogen-bond acceptors (Lipinski definition) is 7. The first kappa shape index (κ1) is 30.4. The van der Waals surface area contributed by atoms with E-state index in [-0.39, 0.29) is 18.1 Å². The zero-order valence-corrected chi connectivity index (χ0v) is 25.6. The molecule has 0 fully saturated rings. The fourth-order valence-electron chi connectivity index (χ4n) is 4.65. The number of rotatable bonds is 9. The predicted octanol–water partition coefficient (Wildman–Crippen LogP) is 6.42. The van der Waals surface area contributed by atoms with Crippen LogP contribution in [0, 0.1) is 0 Å². The Labute approximate surface area is 247 Å². The highest BCUT2D eigenvalue weighted by molar-refractivity contribution is 7.98. The van der Waals surface area contributed by atoms with Crippen LogP contribution in [0.15, 0.2) is 71.9 Å². The zero-order valence-electron chi connectivity index (χ0n) is 24.8. The molecule has 1 aliphatic heterocycles. The maximum absolute atomic E-state index is 13.6. The van der Waals surface area contributed by atoms with Crippen LogP contribution in [0.25, 0.3) is 0 Å². The first-order chi connectivity index (χ1) is 19.6. The summed E-state index contributed by atoms with van der Waals surface area (Å²) in [6.45, 7) is 7.69. The summed E-state index contributed by atoms with van der Waals surface area (Å²) in [5, 5.41) is 0.890. The van der Waals surface area contributed by atoms with Gasteiger partial charge in [-0.05, 0) is 62.8 Å². The number of pyridine rings is 1. The quantitative estimate of drug-likeness (QED) is 0.272. The summed E-state index contributed by atoms with van der Waals surface area (Å²) in [5.74, 6) is -0.0603. The number of carbonyl (C=O) groups excluding carboxylic acids is 2. The molecule has 0 radical (unpaired) electrons. The van der Waals surface area contributed by atoms with Crippen molar-refractivity contribution in [2.75, 3.05) is 49.8 Å². The van der Waals surface area contributed by atoms with Gasteiger partial charge in [-0.25, -0.2) is 9.78 Å². The lowest BCUT2D eigenvalue weighted by Crippen LogP contribution is -2.35.